The van der Waals surface area contributed by atoms with E-state index in [1.165, 1.54) is 4.90 Å². The second-order valence-electron chi connectivity index (χ2n) is 4.11. The Kier molecular flexibility index (Phi) is 3.06. The van der Waals surface area contributed by atoms with E-state index in [0.717, 1.165) is 11.3 Å². The summed E-state index contributed by atoms with van der Waals surface area (Å²) in [5.74, 6) is -0.291. The number of nitrogens with two attached hydrogens (primary N) is 1. The molecule has 0 atom stereocenters. The van der Waals surface area contributed by atoms with Crippen molar-refractivity contribution < 1.29 is 14.3 Å². The molecule has 1 aliphatic heterocycles. The Bertz CT molecular complexity index is 532. The van der Waals surface area contributed by atoms with Gasteiger partial charge in [0.15, 0.2) is 0 Å². The minimum atomic E-state index is -0.685. The van der Waals surface area contributed by atoms with Crippen LogP contribution >= 0.6 is 0 Å². The van der Waals surface area contributed by atoms with Gasteiger partial charge in [0.1, 0.15) is 11.3 Å². The summed E-state index contributed by atoms with van der Waals surface area (Å²) in [6.45, 7) is 0.392. The fourth-order valence-corrected chi connectivity index (χ4v) is 1.99. The first-order valence-electron chi connectivity index (χ1n) is 5.47. The number of nitrogens with zero attached hydrogens (tertiary/aromatic N) is 1. The molecule has 0 radical (unpaired) electrons. The summed E-state index contributed by atoms with van der Waals surface area (Å²) < 4.78 is 5.06. The van der Waals surface area contributed by atoms with Gasteiger partial charge in [-0.3, -0.25) is 9.59 Å². The number of hydrogen-bond donors (Lipinski definition) is 1. The molecule has 0 aromatic heterocycles. The number of ether oxygens (including phenoxy) is 1. The summed E-state index contributed by atoms with van der Waals surface area (Å²) in [5, 5.41) is 0. The van der Waals surface area contributed by atoms with Crippen molar-refractivity contribution in [3.8, 4) is 5.75 Å². The maximum absolute atomic E-state index is 11.8. The molecule has 0 bridgehead atoms. The van der Waals surface area contributed by atoms with Gasteiger partial charge in [-0.25, -0.2) is 0 Å². The molecule has 2 amide bonds. The van der Waals surface area contributed by atoms with Crippen LogP contribution in [-0.4, -0.2) is 37.4 Å². The zero-order valence-corrected chi connectivity index (χ0v) is 10.3. The summed E-state index contributed by atoms with van der Waals surface area (Å²) in [6, 6.07) is 7.18. The second kappa shape index (κ2) is 4.52. The van der Waals surface area contributed by atoms with Crippen molar-refractivity contribution >= 4 is 17.4 Å². The minimum Gasteiger partial charge on any atom is -0.497 e. The number of likely N-dealkylation sites (N-methyl/N-ethyl adjacent to an activating group) is 1. The third-order valence-corrected chi connectivity index (χ3v) is 2.94. The number of amides is 2. The van der Waals surface area contributed by atoms with E-state index in [-0.39, 0.29) is 11.5 Å². The molecule has 0 saturated carbocycles. The smallest absolute Gasteiger partial charge is 0.259 e. The van der Waals surface area contributed by atoms with Gasteiger partial charge in [-0.2, -0.15) is 0 Å². The number of carbonyl (C=O) groups excluding carboxylic acids is 2. The average molecular weight is 246 g/mol. The van der Waals surface area contributed by atoms with Crippen molar-refractivity contribution in [1.82, 2.24) is 4.90 Å². The van der Waals surface area contributed by atoms with Crippen LogP contribution in [-0.2, 0) is 9.59 Å². The van der Waals surface area contributed by atoms with Crippen LogP contribution in [0.4, 0.5) is 0 Å². The maximum Gasteiger partial charge on any atom is 0.259 e. The Morgan fingerprint density at radius 3 is 2.44 bits per heavy atom. The fourth-order valence-electron chi connectivity index (χ4n) is 1.99. The lowest BCUT2D eigenvalue weighted by atomic mass is 10.0. The van der Waals surface area contributed by atoms with Crippen LogP contribution in [0.3, 0.4) is 0 Å². The Labute approximate surface area is 105 Å². The van der Waals surface area contributed by atoms with Crippen molar-refractivity contribution in [3.63, 3.8) is 0 Å². The number of methoxy groups -OCH3 is 1. The van der Waals surface area contributed by atoms with E-state index in [9.17, 15) is 9.59 Å². The highest BCUT2D eigenvalue weighted by atomic mass is 16.5. The van der Waals surface area contributed by atoms with Crippen molar-refractivity contribution in [3.05, 3.63) is 35.4 Å². The van der Waals surface area contributed by atoms with E-state index in [1.54, 1.807) is 26.3 Å². The minimum absolute atomic E-state index is 0.0719. The molecule has 5 heteroatoms. The molecule has 2 rings (SSSR count). The van der Waals surface area contributed by atoms with E-state index in [4.69, 9.17) is 10.5 Å². The van der Waals surface area contributed by atoms with Gasteiger partial charge < -0.3 is 15.4 Å². The van der Waals surface area contributed by atoms with E-state index in [1.807, 2.05) is 12.1 Å². The highest BCUT2D eigenvalue weighted by Crippen LogP contribution is 2.28. The lowest BCUT2D eigenvalue weighted by Crippen LogP contribution is -2.27. The highest BCUT2D eigenvalue weighted by Gasteiger charge is 2.31. The third-order valence-electron chi connectivity index (χ3n) is 2.94. The Morgan fingerprint density at radius 2 is 1.94 bits per heavy atom. The Hall–Kier alpha value is -2.30. The second-order valence-corrected chi connectivity index (χ2v) is 4.11. The number of hydrogen-bond acceptors (Lipinski definition) is 3. The average Bonchev–Trinajstić information content (AvgIpc) is 2.66. The first-order valence-corrected chi connectivity index (χ1v) is 5.47. The van der Waals surface area contributed by atoms with E-state index in [2.05, 4.69) is 0 Å². The van der Waals surface area contributed by atoms with Crippen LogP contribution in [0.15, 0.2) is 29.8 Å². The predicted molar refractivity (Wildman–Crippen MR) is 66.7 cm³/mol. The lowest BCUT2D eigenvalue weighted by molar-refractivity contribution is -0.126. The van der Waals surface area contributed by atoms with Crippen molar-refractivity contribution in [2.75, 3.05) is 20.7 Å². The molecule has 0 aliphatic carbocycles. The predicted octanol–water partition coefficient (Wildman–Crippen LogP) is 0.406. The number of benzene rings is 1. The Balaban J connectivity index is 2.46. The summed E-state index contributed by atoms with van der Waals surface area (Å²) in [4.78, 5) is 24.6. The van der Waals surface area contributed by atoms with Gasteiger partial charge in [-0.05, 0) is 23.3 Å². The summed E-state index contributed by atoms with van der Waals surface area (Å²) >= 11 is 0. The molecular formula is C13H14N2O3. The van der Waals surface area contributed by atoms with Crippen molar-refractivity contribution in [2.24, 2.45) is 5.73 Å². The molecule has 18 heavy (non-hydrogen) atoms. The molecule has 5 nitrogen and oxygen atoms in total. The van der Waals surface area contributed by atoms with Crippen LogP contribution in [0, 0.1) is 0 Å². The quantitative estimate of drug-likeness (QED) is 0.785. The zero-order valence-electron chi connectivity index (χ0n) is 10.3. The van der Waals surface area contributed by atoms with Gasteiger partial charge in [0.2, 0.25) is 0 Å². The summed E-state index contributed by atoms with van der Waals surface area (Å²) in [6.07, 6.45) is 0. The lowest BCUT2D eigenvalue weighted by Gasteiger charge is -2.08. The van der Waals surface area contributed by atoms with E-state index in [0.29, 0.717) is 12.1 Å². The van der Waals surface area contributed by atoms with Crippen molar-refractivity contribution in [1.29, 1.82) is 0 Å². The van der Waals surface area contributed by atoms with Gasteiger partial charge in [-0.15, -0.1) is 0 Å². The molecule has 1 aromatic rings. The van der Waals surface area contributed by atoms with Crippen LogP contribution in [0.5, 0.6) is 5.75 Å². The van der Waals surface area contributed by atoms with Crippen LogP contribution in [0.2, 0.25) is 0 Å². The maximum atomic E-state index is 11.8. The number of rotatable bonds is 3. The molecule has 94 valence electrons. The molecule has 2 N–H and O–H groups in total. The SMILES string of the molecule is COc1ccc(C2=C(C(N)=O)C(=O)N(C)C2)cc1. The molecule has 0 unspecified atom stereocenters. The standard InChI is InChI=1S/C13H14N2O3/c1-15-7-10(11(12(14)16)13(15)17)8-3-5-9(18-2)6-4-8/h3-6H,7H2,1-2H3,(H2,14,16). The van der Waals surface area contributed by atoms with Crippen molar-refractivity contribution in [2.45, 2.75) is 0 Å². The topological polar surface area (TPSA) is 72.6 Å². The van der Waals surface area contributed by atoms with Crippen LogP contribution < -0.4 is 10.5 Å². The molecule has 1 aliphatic rings. The zero-order chi connectivity index (χ0) is 13.3. The van der Waals surface area contributed by atoms with Crippen LogP contribution in [0.25, 0.3) is 5.57 Å². The highest BCUT2D eigenvalue weighted by molar-refractivity contribution is 6.25. The normalized spacial score (nSPS) is 15.2. The Morgan fingerprint density at radius 1 is 1.33 bits per heavy atom. The van der Waals surface area contributed by atoms with Gasteiger partial charge in [-0.1, -0.05) is 12.1 Å². The van der Waals surface area contributed by atoms with Crippen LogP contribution in [0.1, 0.15) is 5.56 Å². The molecule has 1 aromatic carbocycles. The monoisotopic (exact) mass is 246 g/mol. The third kappa shape index (κ3) is 1.95. The van der Waals surface area contributed by atoms with E-state index >= 15 is 0 Å². The number of carbonyl (C=O) groups is 2. The number of primary amides is 1. The first kappa shape index (κ1) is 12.2. The molecule has 0 saturated heterocycles. The fraction of sp³-hybridized carbons (Fsp3) is 0.231. The van der Waals surface area contributed by atoms with Gasteiger partial charge in [0.05, 0.1) is 7.11 Å². The largest absolute Gasteiger partial charge is 0.497 e. The van der Waals surface area contributed by atoms with Gasteiger partial charge >= 0.3 is 0 Å². The molecule has 0 spiro atoms. The summed E-state index contributed by atoms with van der Waals surface area (Å²) in [5.41, 5.74) is 6.81. The molecular weight excluding hydrogens is 232 g/mol. The summed E-state index contributed by atoms with van der Waals surface area (Å²) in [7, 11) is 3.22. The van der Waals surface area contributed by atoms with Gasteiger partial charge in [0.25, 0.3) is 11.8 Å². The first-order chi connectivity index (χ1) is 8.54. The molecule has 0 fully saturated rings. The van der Waals surface area contributed by atoms with E-state index < -0.39 is 5.91 Å². The van der Waals surface area contributed by atoms with Gasteiger partial charge in [0, 0.05) is 13.6 Å². The molecule has 1 heterocycles.